The maximum atomic E-state index is 12.7. The number of urea groups is 1. The number of nitrogens with one attached hydrogen (secondary N) is 1. The van der Waals surface area contributed by atoms with Crippen LogP contribution in [0.4, 0.5) is 4.79 Å². The maximum absolute atomic E-state index is 12.7. The minimum atomic E-state index is 0.0440. The molecule has 3 rings (SSSR count). The Kier molecular flexibility index (Phi) is 7.36. The van der Waals surface area contributed by atoms with Gasteiger partial charge in [0.1, 0.15) is 0 Å². The topological polar surface area (TPSA) is 44.8 Å². The first-order valence-electron chi connectivity index (χ1n) is 10.9. The summed E-state index contributed by atoms with van der Waals surface area (Å²) in [5.41, 5.74) is 2.49. The first-order valence-corrected chi connectivity index (χ1v) is 10.9. The third kappa shape index (κ3) is 5.71. The second kappa shape index (κ2) is 9.75. The molecule has 0 spiro atoms. The molecule has 1 aliphatic heterocycles. The zero-order chi connectivity index (χ0) is 20.1. The highest BCUT2D eigenvalue weighted by Crippen LogP contribution is 2.26. The van der Waals surface area contributed by atoms with Crippen molar-refractivity contribution >= 4 is 6.03 Å². The molecular formula is C23H37N3O2. The number of ether oxygens (including phenoxy) is 1. The number of hydrogen-bond acceptors (Lipinski definition) is 3. The summed E-state index contributed by atoms with van der Waals surface area (Å²) in [6.45, 7) is 9.95. The van der Waals surface area contributed by atoms with Crippen molar-refractivity contribution in [1.82, 2.24) is 15.1 Å². The highest BCUT2D eigenvalue weighted by atomic mass is 16.5. The lowest BCUT2D eigenvalue weighted by Gasteiger charge is -2.35. The molecule has 4 atom stereocenters. The molecule has 1 saturated carbocycles. The van der Waals surface area contributed by atoms with Gasteiger partial charge in [-0.15, -0.1) is 0 Å². The van der Waals surface area contributed by atoms with Crippen LogP contribution in [0, 0.1) is 5.92 Å². The van der Waals surface area contributed by atoms with Gasteiger partial charge in [0.25, 0.3) is 0 Å². The van der Waals surface area contributed by atoms with E-state index in [1.807, 2.05) is 11.9 Å². The average molecular weight is 388 g/mol. The van der Waals surface area contributed by atoms with Crippen molar-refractivity contribution in [3.05, 3.63) is 35.4 Å². The second-order valence-corrected chi connectivity index (χ2v) is 8.92. The smallest absolute Gasteiger partial charge is 0.317 e. The van der Waals surface area contributed by atoms with Gasteiger partial charge in [-0.05, 0) is 43.7 Å². The number of carbonyl (C=O) groups is 1. The molecule has 5 heteroatoms. The molecule has 1 saturated heterocycles. The third-order valence-corrected chi connectivity index (χ3v) is 6.21. The van der Waals surface area contributed by atoms with Gasteiger partial charge in [-0.3, -0.25) is 4.90 Å². The van der Waals surface area contributed by atoms with Crippen LogP contribution in [-0.4, -0.2) is 54.2 Å². The molecule has 0 aromatic heterocycles. The minimum absolute atomic E-state index is 0.0440. The average Bonchev–Trinajstić information content (AvgIpc) is 2.65. The van der Waals surface area contributed by atoms with Crippen LogP contribution in [0.3, 0.4) is 0 Å². The lowest BCUT2D eigenvalue weighted by molar-refractivity contribution is -0.0705. The van der Waals surface area contributed by atoms with E-state index in [9.17, 15) is 4.79 Å². The molecule has 1 aromatic rings. The summed E-state index contributed by atoms with van der Waals surface area (Å²) in [6, 6.07) is 8.87. The summed E-state index contributed by atoms with van der Waals surface area (Å²) in [5, 5.41) is 3.15. The molecule has 156 valence electrons. The Morgan fingerprint density at radius 2 is 1.82 bits per heavy atom. The molecule has 1 N–H and O–H groups in total. The highest BCUT2D eigenvalue weighted by molar-refractivity contribution is 5.74. The largest absolute Gasteiger partial charge is 0.373 e. The van der Waals surface area contributed by atoms with Gasteiger partial charge >= 0.3 is 6.03 Å². The van der Waals surface area contributed by atoms with Crippen molar-refractivity contribution in [2.45, 2.75) is 77.8 Å². The van der Waals surface area contributed by atoms with Crippen LogP contribution in [0.1, 0.15) is 57.6 Å². The Hall–Kier alpha value is -1.59. The van der Waals surface area contributed by atoms with Crippen LogP contribution in [0.15, 0.2) is 24.3 Å². The molecule has 2 amide bonds. The fraction of sp³-hybridized carbons (Fsp3) is 0.696. The van der Waals surface area contributed by atoms with E-state index in [-0.39, 0.29) is 18.2 Å². The van der Waals surface area contributed by atoms with Gasteiger partial charge < -0.3 is 15.0 Å². The Bertz CT molecular complexity index is 640. The fourth-order valence-corrected chi connectivity index (χ4v) is 4.75. The van der Waals surface area contributed by atoms with Gasteiger partial charge in [-0.25, -0.2) is 4.79 Å². The third-order valence-electron chi connectivity index (χ3n) is 6.21. The van der Waals surface area contributed by atoms with Gasteiger partial charge in [0.2, 0.25) is 0 Å². The van der Waals surface area contributed by atoms with E-state index >= 15 is 0 Å². The standard InChI is InChI=1S/C23H37N3O2/c1-17-8-7-11-22(12-17)25(4)23(27)24-13-20-9-5-6-10-21(20)16-26-14-18(2)28-19(3)15-26/h5-6,9-10,17-19,22H,7-8,11-16H2,1-4H3,(H,24,27). The van der Waals surface area contributed by atoms with E-state index < -0.39 is 0 Å². The summed E-state index contributed by atoms with van der Waals surface area (Å²) in [5.74, 6) is 0.716. The molecule has 28 heavy (non-hydrogen) atoms. The summed E-state index contributed by atoms with van der Waals surface area (Å²) in [4.78, 5) is 17.1. The van der Waals surface area contributed by atoms with Gasteiger partial charge in [-0.2, -0.15) is 0 Å². The van der Waals surface area contributed by atoms with Gasteiger partial charge in [0.05, 0.1) is 12.2 Å². The predicted octanol–water partition coefficient (Wildman–Crippen LogP) is 4.02. The number of amides is 2. The summed E-state index contributed by atoms with van der Waals surface area (Å²) in [6.07, 6.45) is 5.29. The zero-order valence-corrected chi connectivity index (χ0v) is 18.0. The number of rotatable bonds is 5. The van der Waals surface area contributed by atoms with E-state index in [1.165, 1.54) is 24.0 Å². The van der Waals surface area contributed by atoms with E-state index in [0.29, 0.717) is 18.5 Å². The summed E-state index contributed by atoms with van der Waals surface area (Å²) < 4.78 is 5.85. The Morgan fingerprint density at radius 1 is 1.14 bits per heavy atom. The van der Waals surface area contributed by atoms with Crippen molar-refractivity contribution in [3.8, 4) is 0 Å². The molecule has 4 unspecified atom stereocenters. The molecule has 5 nitrogen and oxygen atoms in total. The van der Waals surface area contributed by atoms with E-state index in [2.05, 4.69) is 55.3 Å². The molecule has 2 fully saturated rings. The van der Waals surface area contributed by atoms with Crippen molar-refractivity contribution in [1.29, 1.82) is 0 Å². The van der Waals surface area contributed by atoms with Crippen molar-refractivity contribution in [3.63, 3.8) is 0 Å². The summed E-state index contributed by atoms with van der Waals surface area (Å²) >= 11 is 0. The molecule has 1 aliphatic carbocycles. The van der Waals surface area contributed by atoms with Crippen LogP contribution in [-0.2, 0) is 17.8 Å². The van der Waals surface area contributed by atoms with Crippen molar-refractivity contribution in [2.24, 2.45) is 5.92 Å². The van der Waals surface area contributed by atoms with Gasteiger partial charge in [-0.1, -0.05) is 44.0 Å². The Morgan fingerprint density at radius 3 is 2.50 bits per heavy atom. The molecular weight excluding hydrogens is 350 g/mol. The van der Waals surface area contributed by atoms with Crippen LogP contribution in [0.25, 0.3) is 0 Å². The van der Waals surface area contributed by atoms with Crippen molar-refractivity contribution in [2.75, 3.05) is 20.1 Å². The predicted molar refractivity (Wildman–Crippen MR) is 113 cm³/mol. The first kappa shape index (κ1) is 21.1. The maximum Gasteiger partial charge on any atom is 0.317 e. The molecule has 0 radical (unpaired) electrons. The second-order valence-electron chi connectivity index (χ2n) is 8.92. The molecule has 2 aliphatic rings. The number of morpholine rings is 1. The van der Waals surface area contributed by atoms with E-state index in [1.54, 1.807) is 0 Å². The number of hydrogen-bond donors (Lipinski definition) is 1. The van der Waals surface area contributed by atoms with Crippen LogP contribution in [0.2, 0.25) is 0 Å². The van der Waals surface area contributed by atoms with Crippen LogP contribution < -0.4 is 5.32 Å². The molecule has 1 aromatic carbocycles. The highest BCUT2D eigenvalue weighted by Gasteiger charge is 2.26. The van der Waals surface area contributed by atoms with E-state index in [4.69, 9.17) is 4.74 Å². The monoisotopic (exact) mass is 387 g/mol. The van der Waals surface area contributed by atoms with E-state index in [0.717, 1.165) is 32.5 Å². The SMILES string of the molecule is CC1CCCC(N(C)C(=O)NCc2ccccc2CN2CC(C)OC(C)C2)C1. The Labute approximate surface area is 170 Å². The molecule has 0 bridgehead atoms. The quantitative estimate of drug-likeness (QED) is 0.830. The summed E-state index contributed by atoms with van der Waals surface area (Å²) in [7, 11) is 1.94. The zero-order valence-electron chi connectivity index (χ0n) is 18.0. The van der Waals surface area contributed by atoms with Gasteiger partial charge in [0.15, 0.2) is 0 Å². The van der Waals surface area contributed by atoms with Crippen molar-refractivity contribution < 1.29 is 9.53 Å². The van der Waals surface area contributed by atoms with Crippen LogP contribution in [0.5, 0.6) is 0 Å². The number of carbonyl (C=O) groups excluding carboxylic acids is 1. The normalized spacial score (nSPS) is 28.7. The lowest BCUT2D eigenvalue weighted by Crippen LogP contribution is -2.45. The minimum Gasteiger partial charge on any atom is -0.373 e. The Balaban J connectivity index is 1.56. The first-order chi connectivity index (χ1) is 13.4. The molecule has 1 heterocycles. The number of nitrogens with zero attached hydrogens (tertiary/aromatic N) is 2. The number of benzene rings is 1. The van der Waals surface area contributed by atoms with Gasteiger partial charge in [0, 0.05) is 39.3 Å². The fourth-order valence-electron chi connectivity index (χ4n) is 4.75. The lowest BCUT2D eigenvalue weighted by atomic mass is 9.86. The van der Waals surface area contributed by atoms with Crippen LogP contribution >= 0.6 is 0 Å².